The number of fused-ring (bicyclic) bond motifs is 2. The molecule has 0 radical (unpaired) electrons. The zero-order valence-electron chi connectivity index (χ0n) is 28.3. The highest BCUT2D eigenvalue weighted by atomic mass is 32.1. The summed E-state index contributed by atoms with van der Waals surface area (Å²) in [7, 11) is 0. The zero-order valence-corrected chi connectivity index (χ0v) is 29.1. The molecule has 2 aliphatic rings. The Morgan fingerprint density at radius 3 is 2.43 bits per heavy atom. The first-order valence-corrected chi connectivity index (χ1v) is 16.7. The van der Waals surface area contributed by atoms with Crippen molar-refractivity contribution < 1.29 is 38.1 Å². The van der Waals surface area contributed by atoms with Gasteiger partial charge in [0, 0.05) is 6.42 Å². The molecule has 1 aromatic carbocycles. The van der Waals surface area contributed by atoms with Gasteiger partial charge in [-0.25, -0.2) is 9.59 Å². The Hall–Kier alpha value is -4.32. The summed E-state index contributed by atoms with van der Waals surface area (Å²) in [6.07, 6.45) is -4.21. The predicted octanol–water partition coefficient (Wildman–Crippen LogP) is 1.97. The second-order valence-electron chi connectivity index (χ2n) is 13.7. The van der Waals surface area contributed by atoms with Crippen LogP contribution in [0.5, 0.6) is 0 Å². The van der Waals surface area contributed by atoms with Gasteiger partial charge in [-0.3, -0.25) is 23.9 Å². The second kappa shape index (κ2) is 13.9. The van der Waals surface area contributed by atoms with E-state index in [1.54, 1.807) is 48.5 Å². The highest BCUT2D eigenvalue weighted by Crippen LogP contribution is 2.43. The van der Waals surface area contributed by atoms with Crippen molar-refractivity contribution in [2.75, 3.05) is 12.3 Å². The van der Waals surface area contributed by atoms with Crippen LogP contribution >= 0.6 is 11.3 Å². The van der Waals surface area contributed by atoms with Crippen molar-refractivity contribution in [2.24, 2.45) is 5.92 Å². The maximum atomic E-state index is 13.6. The third-order valence-electron chi connectivity index (χ3n) is 7.77. The maximum Gasteiger partial charge on any atom is 0.408 e. The molecule has 5 N–H and O–H groups in total. The van der Waals surface area contributed by atoms with Crippen LogP contribution in [0, 0.1) is 5.92 Å². The number of nitrogen functional groups attached to an aromatic ring is 1. The number of esters is 1. The predicted molar refractivity (Wildman–Crippen MR) is 178 cm³/mol. The van der Waals surface area contributed by atoms with Crippen molar-refractivity contribution in [2.45, 2.75) is 103 Å². The SMILES string of the molecule is CC(C)[C@H](NC(=O)[C@H](Cc1ccccc1)NC(=O)OC(C)(C)C)C(=O)OC[C@H]1O[C@@H](n2c(=O)sc3c(=O)[nH]c(N)nc32)[C@@H]2OC(C)(C)O[C@@H]21. The zero-order chi connectivity index (χ0) is 35.8. The van der Waals surface area contributed by atoms with E-state index in [9.17, 15) is 24.0 Å². The summed E-state index contributed by atoms with van der Waals surface area (Å²) in [4.78, 5) is 71.3. The number of aromatic amines is 1. The van der Waals surface area contributed by atoms with E-state index in [0.29, 0.717) is 11.3 Å². The molecule has 17 heteroatoms. The number of benzene rings is 1. The lowest BCUT2D eigenvalue weighted by Crippen LogP contribution is -2.55. The van der Waals surface area contributed by atoms with Gasteiger partial charge in [0.05, 0.1) is 0 Å². The number of nitrogens with zero attached hydrogens (tertiary/aromatic N) is 2. The van der Waals surface area contributed by atoms with Crippen LogP contribution < -0.4 is 26.8 Å². The number of amides is 2. The molecule has 266 valence electrons. The molecule has 2 saturated heterocycles. The number of rotatable bonds is 10. The number of nitrogens with two attached hydrogens (primary N) is 1. The highest BCUT2D eigenvalue weighted by Gasteiger charge is 2.57. The van der Waals surface area contributed by atoms with Crippen molar-refractivity contribution in [3.8, 4) is 0 Å². The van der Waals surface area contributed by atoms with Crippen LogP contribution in [0.2, 0.25) is 0 Å². The summed E-state index contributed by atoms with van der Waals surface area (Å²) < 4.78 is 30.7. The molecule has 2 aliphatic heterocycles. The number of hydrogen-bond donors (Lipinski definition) is 4. The molecule has 0 saturated carbocycles. The normalized spacial score (nSPS) is 22.8. The number of carbonyl (C=O) groups is 3. The van der Waals surface area contributed by atoms with Crippen molar-refractivity contribution in [1.29, 1.82) is 0 Å². The molecule has 6 atom stereocenters. The molecule has 2 fully saturated rings. The number of hydrogen-bond acceptors (Lipinski definition) is 13. The summed E-state index contributed by atoms with van der Waals surface area (Å²) in [5, 5.41) is 5.35. The Morgan fingerprint density at radius 1 is 1.10 bits per heavy atom. The van der Waals surface area contributed by atoms with Crippen molar-refractivity contribution in [3.05, 3.63) is 55.9 Å². The Balaban J connectivity index is 1.31. The van der Waals surface area contributed by atoms with E-state index in [4.69, 9.17) is 29.4 Å². The first-order valence-electron chi connectivity index (χ1n) is 15.8. The fraction of sp³-hybridized carbons (Fsp3) is 0.562. The van der Waals surface area contributed by atoms with E-state index in [2.05, 4.69) is 20.6 Å². The summed E-state index contributed by atoms with van der Waals surface area (Å²) >= 11 is 0.685. The highest BCUT2D eigenvalue weighted by molar-refractivity contribution is 7.16. The molecule has 2 aromatic heterocycles. The van der Waals surface area contributed by atoms with E-state index < -0.39 is 82.3 Å². The van der Waals surface area contributed by atoms with Gasteiger partial charge in [-0.15, -0.1) is 0 Å². The van der Waals surface area contributed by atoms with E-state index in [1.165, 1.54) is 4.57 Å². The van der Waals surface area contributed by atoms with Gasteiger partial charge in [-0.2, -0.15) is 4.98 Å². The minimum Gasteiger partial charge on any atom is -0.461 e. The number of thiazole rings is 1. The summed E-state index contributed by atoms with van der Waals surface area (Å²) in [6, 6.07) is 6.94. The lowest BCUT2D eigenvalue weighted by molar-refractivity contribution is -0.202. The Morgan fingerprint density at radius 2 is 1.78 bits per heavy atom. The number of H-pyrrole nitrogens is 1. The molecular formula is C32H42N6O10S. The van der Waals surface area contributed by atoms with Gasteiger partial charge in [0.15, 0.2) is 17.7 Å². The largest absolute Gasteiger partial charge is 0.461 e. The lowest BCUT2D eigenvalue weighted by Gasteiger charge is -2.27. The van der Waals surface area contributed by atoms with Crippen LogP contribution in [-0.2, 0) is 39.7 Å². The Kier molecular flexibility index (Phi) is 10.2. The number of ether oxygens (including phenoxy) is 5. The van der Waals surface area contributed by atoms with Crippen molar-refractivity contribution in [1.82, 2.24) is 25.2 Å². The smallest absolute Gasteiger partial charge is 0.408 e. The van der Waals surface area contributed by atoms with Gasteiger partial charge in [-0.1, -0.05) is 55.5 Å². The van der Waals surface area contributed by atoms with Gasteiger partial charge < -0.3 is 40.1 Å². The molecule has 0 unspecified atom stereocenters. The van der Waals surface area contributed by atoms with Crippen LogP contribution in [0.4, 0.5) is 10.7 Å². The quantitative estimate of drug-likeness (QED) is 0.223. The van der Waals surface area contributed by atoms with Gasteiger partial charge in [0.25, 0.3) is 5.56 Å². The fourth-order valence-electron chi connectivity index (χ4n) is 5.69. The monoisotopic (exact) mass is 702 g/mol. The topological polar surface area (TPSA) is 215 Å². The summed E-state index contributed by atoms with van der Waals surface area (Å²) in [5.74, 6) is -3.01. The van der Waals surface area contributed by atoms with Gasteiger partial charge in [0.2, 0.25) is 11.9 Å². The minimum absolute atomic E-state index is 0.0265. The Labute approximate surface area is 285 Å². The molecule has 0 spiro atoms. The van der Waals surface area contributed by atoms with E-state index in [1.807, 2.05) is 30.3 Å². The fourth-order valence-corrected chi connectivity index (χ4v) is 6.53. The molecular weight excluding hydrogens is 660 g/mol. The minimum atomic E-state index is -1.10. The number of anilines is 1. The summed E-state index contributed by atoms with van der Waals surface area (Å²) in [6.45, 7) is 11.7. The molecule has 49 heavy (non-hydrogen) atoms. The molecule has 3 aromatic rings. The average molecular weight is 703 g/mol. The molecule has 2 amide bonds. The molecule has 0 bridgehead atoms. The van der Waals surface area contributed by atoms with Crippen LogP contribution in [-0.4, -0.2) is 80.9 Å². The van der Waals surface area contributed by atoms with Crippen LogP contribution in [0.15, 0.2) is 39.9 Å². The van der Waals surface area contributed by atoms with Gasteiger partial charge in [0.1, 0.15) is 47.3 Å². The van der Waals surface area contributed by atoms with Crippen LogP contribution in [0.3, 0.4) is 0 Å². The van der Waals surface area contributed by atoms with Crippen molar-refractivity contribution >= 4 is 45.6 Å². The van der Waals surface area contributed by atoms with Crippen molar-refractivity contribution in [3.63, 3.8) is 0 Å². The first kappa shape index (κ1) is 36.0. The average Bonchev–Trinajstić information content (AvgIpc) is 3.60. The number of aromatic nitrogens is 3. The lowest BCUT2D eigenvalue weighted by atomic mass is 10.0. The third kappa shape index (κ3) is 8.29. The van der Waals surface area contributed by atoms with Crippen LogP contribution in [0.1, 0.15) is 60.3 Å². The van der Waals surface area contributed by atoms with E-state index in [-0.39, 0.29) is 29.3 Å². The van der Waals surface area contributed by atoms with E-state index in [0.717, 1.165) is 5.56 Å². The van der Waals surface area contributed by atoms with E-state index >= 15 is 0 Å². The number of alkyl carbamates (subject to hydrolysis) is 1. The number of carbonyl (C=O) groups excluding carboxylic acids is 3. The Bertz CT molecular complexity index is 1810. The molecule has 5 rings (SSSR count). The molecule has 16 nitrogen and oxygen atoms in total. The first-order chi connectivity index (χ1) is 22.9. The number of nitrogens with one attached hydrogen (secondary N) is 3. The maximum absolute atomic E-state index is 13.6. The second-order valence-corrected chi connectivity index (χ2v) is 14.7. The standard InChI is InChI=1S/C32H42N6O10S/c1-15(2)19(35-24(39)17(13-16-11-9-8-10-12-16)34-29(42)48-31(3,4)5)27(41)44-14-18-20-21(47-32(6,7)46-20)26(45-18)38-23-22(49-30(38)43)25(40)37-28(33)36-23/h8-12,15,17-21,26H,13-14H2,1-7H3,(H,34,42)(H,35,39)(H3,33,36,37,40)/t17-,18+,19-,20+,21+,26+/m0/s1. The third-order valence-corrected chi connectivity index (χ3v) is 8.71. The van der Waals surface area contributed by atoms with Gasteiger partial charge in [-0.05, 0) is 46.1 Å². The molecule has 4 heterocycles. The molecule has 0 aliphatic carbocycles. The summed E-state index contributed by atoms with van der Waals surface area (Å²) in [5.41, 5.74) is 5.21. The van der Waals surface area contributed by atoms with Gasteiger partial charge >= 0.3 is 16.9 Å². The van der Waals surface area contributed by atoms with Crippen LogP contribution in [0.25, 0.3) is 10.3 Å².